The Labute approximate surface area is 232 Å². The number of nitrogens with zero attached hydrogens (tertiary/aromatic N) is 1. The molecule has 0 radical (unpaired) electrons. The number of hydrogen-bond acceptors (Lipinski definition) is 5. The summed E-state index contributed by atoms with van der Waals surface area (Å²) in [5.41, 5.74) is 6.51. The van der Waals surface area contributed by atoms with E-state index in [9.17, 15) is 19.2 Å². The number of amides is 4. The van der Waals surface area contributed by atoms with Crippen LogP contribution in [-0.4, -0.2) is 52.4 Å². The van der Waals surface area contributed by atoms with Gasteiger partial charge in [-0.05, 0) is 76.8 Å². The summed E-state index contributed by atoms with van der Waals surface area (Å²) >= 11 is 0. The molecule has 39 heavy (non-hydrogen) atoms. The zero-order chi connectivity index (χ0) is 28.6. The molecule has 2 aliphatic rings. The maximum absolute atomic E-state index is 14.2. The summed E-state index contributed by atoms with van der Waals surface area (Å²) in [4.78, 5) is 54.2. The van der Waals surface area contributed by atoms with Gasteiger partial charge in [0.25, 0.3) is 0 Å². The number of benzene rings is 1. The molecule has 1 aromatic rings. The largest absolute Gasteiger partial charge is 0.444 e. The van der Waals surface area contributed by atoms with Crippen molar-refractivity contribution in [2.45, 2.75) is 128 Å². The number of aryl methyl sites for hydroxylation is 1. The van der Waals surface area contributed by atoms with E-state index in [4.69, 9.17) is 10.5 Å². The molecule has 4 amide bonds. The highest BCUT2D eigenvalue weighted by molar-refractivity contribution is 5.93. The maximum atomic E-state index is 14.2. The Morgan fingerprint density at radius 3 is 2.15 bits per heavy atom. The summed E-state index contributed by atoms with van der Waals surface area (Å²) in [6.07, 6.45) is 7.66. The minimum Gasteiger partial charge on any atom is -0.444 e. The lowest BCUT2D eigenvalue weighted by atomic mass is 9.87. The van der Waals surface area contributed by atoms with Gasteiger partial charge in [-0.1, -0.05) is 50.5 Å². The van der Waals surface area contributed by atoms with Crippen molar-refractivity contribution in [2.75, 3.05) is 0 Å². The lowest BCUT2D eigenvalue weighted by Crippen LogP contribution is -2.58. The quantitative estimate of drug-likeness (QED) is 0.384. The lowest BCUT2D eigenvalue weighted by Gasteiger charge is -2.44. The van der Waals surface area contributed by atoms with Gasteiger partial charge in [0, 0.05) is 18.5 Å². The molecule has 3 rings (SSSR count). The highest BCUT2D eigenvalue weighted by Crippen LogP contribution is 2.34. The topological polar surface area (TPSA) is 131 Å². The van der Waals surface area contributed by atoms with Gasteiger partial charge in [-0.3, -0.25) is 14.4 Å². The molecule has 0 heterocycles. The molecule has 2 unspecified atom stereocenters. The minimum absolute atomic E-state index is 0.0162. The van der Waals surface area contributed by atoms with E-state index < -0.39 is 35.6 Å². The molecule has 2 saturated carbocycles. The molecule has 0 aliphatic heterocycles. The Balaban J connectivity index is 1.97. The zero-order valence-corrected chi connectivity index (χ0v) is 24.0. The fraction of sp³-hybridized carbons (Fsp3) is 0.667. The number of hydrogen-bond donors (Lipinski definition) is 3. The molecular weight excluding hydrogens is 496 g/mol. The van der Waals surface area contributed by atoms with E-state index in [-0.39, 0.29) is 30.8 Å². The van der Waals surface area contributed by atoms with Crippen molar-refractivity contribution < 1.29 is 23.9 Å². The van der Waals surface area contributed by atoms with Crippen LogP contribution in [0.2, 0.25) is 0 Å². The van der Waals surface area contributed by atoms with Gasteiger partial charge in [-0.25, -0.2) is 4.79 Å². The Kier molecular flexibility index (Phi) is 10.8. The maximum Gasteiger partial charge on any atom is 0.408 e. The molecule has 216 valence electrons. The van der Waals surface area contributed by atoms with Crippen LogP contribution in [0.25, 0.3) is 0 Å². The molecule has 9 heteroatoms. The summed E-state index contributed by atoms with van der Waals surface area (Å²) in [7, 11) is 0. The molecule has 2 aliphatic carbocycles. The second-order valence-corrected chi connectivity index (χ2v) is 11.9. The highest BCUT2D eigenvalue weighted by Gasteiger charge is 2.42. The molecule has 0 spiro atoms. The van der Waals surface area contributed by atoms with Crippen LogP contribution in [0.5, 0.6) is 0 Å². The summed E-state index contributed by atoms with van der Waals surface area (Å²) < 4.78 is 5.41. The van der Waals surface area contributed by atoms with Gasteiger partial charge in [-0.2, -0.15) is 0 Å². The van der Waals surface area contributed by atoms with Gasteiger partial charge in [0.2, 0.25) is 17.7 Å². The third-order valence-electron chi connectivity index (χ3n) is 7.57. The zero-order valence-electron chi connectivity index (χ0n) is 24.0. The lowest BCUT2D eigenvalue weighted by molar-refractivity contribution is -0.148. The van der Waals surface area contributed by atoms with Gasteiger partial charge in [0.1, 0.15) is 17.7 Å². The van der Waals surface area contributed by atoms with Crippen LogP contribution in [0, 0.1) is 0 Å². The summed E-state index contributed by atoms with van der Waals surface area (Å²) in [5, 5.41) is 5.89. The average molecular weight is 543 g/mol. The van der Waals surface area contributed by atoms with Gasteiger partial charge in [-0.15, -0.1) is 0 Å². The number of carbonyl (C=O) groups excluding carboxylic acids is 4. The third-order valence-corrected chi connectivity index (χ3v) is 7.57. The first-order valence-corrected chi connectivity index (χ1v) is 14.5. The molecular formula is C30H46N4O5. The Hall–Kier alpha value is -3.10. The number of nitrogens with two attached hydrogens (primary N) is 1. The second-order valence-electron chi connectivity index (χ2n) is 11.9. The number of carbonyl (C=O) groups is 4. The average Bonchev–Trinajstić information content (AvgIpc) is 2.84. The van der Waals surface area contributed by atoms with Gasteiger partial charge in [0.15, 0.2) is 0 Å². The van der Waals surface area contributed by atoms with Crippen molar-refractivity contribution >= 4 is 23.8 Å². The fourth-order valence-electron chi connectivity index (χ4n) is 5.26. The van der Waals surface area contributed by atoms with Crippen LogP contribution in [0.1, 0.15) is 109 Å². The van der Waals surface area contributed by atoms with Crippen molar-refractivity contribution in [1.29, 1.82) is 0 Å². The second kappa shape index (κ2) is 13.8. The van der Waals surface area contributed by atoms with Crippen molar-refractivity contribution in [3.8, 4) is 0 Å². The number of rotatable bonds is 11. The normalized spacial score (nSPS) is 17.8. The summed E-state index contributed by atoms with van der Waals surface area (Å²) in [5.74, 6) is -1.19. The first kappa shape index (κ1) is 30.4. The monoisotopic (exact) mass is 542 g/mol. The molecule has 0 saturated heterocycles. The fourth-order valence-corrected chi connectivity index (χ4v) is 5.26. The van der Waals surface area contributed by atoms with E-state index in [0.717, 1.165) is 62.5 Å². The van der Waals surface area contributed by atoms with Crippen LogP contribution >= 0.6 is 0 Å². The molecule has 2 fully saturated rings. The van der Waals surface area contributed by atoms with Gasteiger partial charge in [0.05, 0.1) is 0 Å². The molecule has 0 bridgehead atoms. The molecule has 4 N–H and O–H groups in total. The molecule has 1 aromatic carbocycles. The molecule has 0 aromatic heterocycles. The van der Waals surface area contributed by atoms with Crippen molar-refractivity contribution in [1.82, 2.24) is 15.5 Å². The van der Waals surface area contributed by atoms with Crippen molar-refractivity contribution in [3.63, 3.8) is 0 Å². The van der Waals surface area contributed by atoms with Crippen LogP contribution in [0.4, 0.5) is 4.79 Å². The number of primary amides is 1. The SMILES string of the molecule is CCc1ccc(C(C(=O)NC2CCCCC2)N(C(=O)C(CCC(N)=O)NC(=O)OC(C)(C)C)C2CCC2)cc1. The number of ether oxygens (including phenoxy) is 1. The highest BCUT2D eigenvalue weighted by atomic mass is 16.6. The van der Waals surface area contributed by atoms with E-state index in [1.165, 1.54) is 6.42 Å². The van der Waals surface area contributed by atoms with Crippen molar-refractivity contribution in [2.24, 2.45) is 5.73 Å². The first-order valence-electron chi connectivity index (χ1n) is 14.5. The van der Waals surface area contributed by atoms with Crippen LogP contribution in [0.15, 0.2) is 24.3 Å². The number of nitrogens with one attached hydrogen (secondary N) is 2. The standard InChI is InChI=1S/C30H46N4O5/c1-5-20-14-16-21(17-15-20)26(27(36)32-22-10-7-6-8-11-22)34(23-12-9-13-23)28(37)24(18-19-25(31)35)33-29(38)39-30(2,3)4/h14-17,22-24,26H,5-13,18-19H2,1-4H3,(H2,31,35)(H,32,36)(H,33,38). The smallest absolute Gasteiger partial charge is 0.408 e. The minimum atomic E-state index is -1.06. The first-order chi connectivity index (χ1) is 18.5. The molecule has 9 nitrogen and oxygen atoms in total. The van der Waals surface area contributed by atoms with Crippen LogP contribution in [0.3, 0.4) is 0 Å². The van der Waals surface area contributed by atoms with Crippen molar-refractivity contribution in [3.05, 3.63) is 35.4 Å². The van der Waals surface area contributed by atoms with Gasteiger partial charge < -0.3 is 26.0 Å². The Morgan fingerprint density at radius 2 is 1.64 bits per heavy atom. The summed E-state index contributed by atoms with van der Waals surface area (Å²) in [6.45, 7) is 7.27. The van der Waals surface area contributed by atoms with E-state index in [2.05, 4.69) is 17.6 Å². The summed E-state index contributed by atoms with van der Waals surface area (Å²) in [6, 6.07) is 5.83. The predicted octanol–water partition coefficient (Wildman–Crippen LogP) is 4.28. The Morgan fingerprint density at radius 1 is 1.00 bits per heavy atom. The molecule has 2 atom stereocenters. The Bertz CT molecular complexity index is 994. The number of alkyl carbamates (subject to hydrolysis) is 1. The van der Waals surface area contributed by atoms with Crippen LogP contribution in [-0.2, 0) is 25.5 Å². The van der Waals surface area contributed by atoms with E-state index >= 15 is 0 Å². The van der Waals surface area contributed by atoms with E-state index in [1.807, 2.05) is 24.3 Å². The predicted molar refractivity (Wildman–Crippen MR) is 150 cm³/mol. The van der Waals surface area contributed by atoms with Crippen LogP contribution < -0.4 is 16.4 Å². The van der Waals surface area contributed by atoms with E-state index in [0.29, 0.717) is 0 Å². The van der Waals surface area contributed by atoms with E-state index in [1.54, 1.807) is 25.7 Å². The third kappa shape index (κ3) is 8.97. The van der Waals surface area contributed by atoms with Gasteiger partial charge >= 0.3 is 6.09 Å².